The van der Waals surface area contributed by atoms with E-state index in [0.29, 0.717) is 5.89 Å². The highest BCUT2D eigenvalue weighted by atomic mass is 79.9. The van der Waals surface area contributed by atoms with Gasteiger partial charge in [-0.05, 0) is 37.5 Å². The lowest BCUT2D eigenvalue weighted by Gasteiger charge is -2.31. The first-order valence-corrected chi connectivity index (χ1v) is 8.22. The number of halogens is 1. The Bertz CT molecular complexity index is 602. The monoisotopic (exact) mass is 349 g/mol. The van der Waals surface area contributed by atoms with Crippen LogP contribution in [-0.2, 0) is 5.54 Å². The second-order valence-corrected chi connectivity index (χ2v) is 6.76. The lowest BCUT2D eigenvalue weighted by atomic mass is 9.94. The standard InChI is InChI=1S/C16H20BrN3O/c1-11(13-5-7-14(17)8-6-13)19-16(9-3-4-10-16)15-18-12(2)21-20-15/h5-8,11,19H,3-4,9-10H2,1-2H3. The first-order chi connectivity index (χ1) is 10.1. The summed E-state index contributed by atoms with van der Waals surface area (Å²) < 4.78 is 6.30. The number of nitrogens with one attached hydrogen (secondary N) is 1. The molecule has 3 rings (SSSR count). The zero-order valence-electron chi connectivity index (χ0n) is 12.4. The Hall–Kier alpha value is -1.20. The molecule has 1 aliphatic carbocycles. The summed E-state index contributed by atoms with van der Waals surface area (Å²) in [6.45, 7) is 4.04. The van der Waals surface area contributed by atoms with Gasteiger partial charge in [0.2, 0.25) is 5.89 Å². The van der Waals surface area contributed by atoms with E-state index in [4.69, 9.17) is 4.52 Å². The van der Waals surface area contributed by atoms with Crippen LogP contribution in [0.25, 0.3) is 0 Å². The van der Waals surface area contributed by atoms with Gasteiger partial charge in [-0.2, -0.15) is 4.98 Å². The summed E-state index contributed by atoms with van der Waals surface area (Å²) in [4.78, 5) is 4.48. The Labute approximate surface area is 133 Å². The average Bonchev–Trinajstić information content (AvgIpc) is 3.09. The molecule has 1 aliphatic rings. The first kappa shape index (κ1) is 14.7. The van der Waals surface area contributed by atoms with Gasteiger partial charge in [0.1, 0.15) is 0 Å². The van der Waals surface area contributed by atoms with Crippen molar-refractivity contribution in [1.29, 1.82) is 0 Å². The molecule has 2 aromatic rings. The van der Waals surface area contributed by atoms with Crippen LogP contribution >= 0.6 is 15.9 Å². The summed E-state index contributed by atoms with van der Waals surface area (Å²) in [7, 11) is 0. The summed E-state index contributed by atoms with van der Waals surface area (Å²) in [5, 5.41) is 7.93. The van der Waals surface area contributed by atoms with E-state index in [-0.39, 0.29) is 11.6 Å². The fourth-order valence-electron chi connectivity index (χ4n) is 3.15. The van der Waals surface area contributed by atoms with E-state index in [1.807, 2.05) is 6.92 Å². The summed E-state index contributed by atoms with van der Waals surface area (Å²) in [6.07, 6.45) is 4.53. The summed E-state index contributed by atoms with van der Waals surface area (Å²) in [5.74, 6) is 1.44. The van der Waals surface area contributed by atoms with Crippen LogP contribution in [0.2, 0.25) is 0 Å². The zero-order valence-corrected chi connectivity index (χ0v) is 14.0. The molecule has 1 atom stereocenters. The lowest BCUT2D eigenvalue weighted by Crippen LogP contribution is -2.42. The van der Waals surface area contributed by atoms with E-state index >= 15 is 0 Å². The maximum atomic E-state index is 5.20. The van der Waals surface area contributed by atoms with Crippen molar-refractivity contribution in [3.8, 4) is 0 Å². The summed E-state index contributed by atoms with van der Waals surface area (Å²) in [6, 6.07) is 8.69. The molecule has 112 valence electrons. The Balaban J connectivity index is 1.84. The zero-order chi connectivity index (χ0) is 14.9. The summed E-state index contributed by atoms with van der Waals surface area (Å²) >= 11 is 3.48. The molecule has 0 saturated heterocycles. The minimum Gasteiger partial charge on any atom is -0.340 e. The molecule has 1 unspecified atom stereocenters. The number of aromatic nitrogens is 2. The molecule has 5 heteroatoms. The molecule has 1 heterocycles. The number of hydrogen-bond donors (Lipinski definition) is 1. The molecule has 21 heavy (non-hydrogen) atoms. The number of benzene rings is 1. The molecule has 1 N–H and O–H groups in total. The SMILES string of the molecule is Cc1nc(C2(NC(C)c3ccc(Br)cc3)CCCC2)no1. The van der Waals surface area contributed by atoms with Gasteiger partial charge in [0.15, 0.2) is 5.82 Å². The third-order valence-electron chi connectivity index (χ3n) is 4.28. The largest absolute Gasteiger partial charge is 0.340 e. The third kappa shape index (κ3) is 3.04. The van der Waals surface area contributed by atoms with Crippen molar-refractivity contribution in [2.24, 2.45) is 0 Å². The van der Waals surface area contributed by atoms with Crippen LogP contribution in [0.4, 0.5) is 0 Å². The van der Waals surface area contributed by atoms with E-state index in [0.717, 1.165) is 23.1 Å². The predicted molar refractivity (Wildman–Crippen MR) is 84.9 cm³/mol. The van der Waals surface area contributed by atoms with E-state index in [2.05, 4.69) is 62.6 Å². The van der Waals surface area contributed by atoms with Gasteiger partial charge in [-0.15, -0.1) is 0 Å². The number of rotatable bonds is 4. The van der Waals surface area contributed by atoms with Gasteiger partial charge in [0.05, 0.1) is 5.54 Å². The Kier molecular flexibility index (Phi) is 4.13. The number of hydrogen-bond acceptors (Lipinski definition) is 4. The molecule has 0 spiro atoms. The van der Waals surface area contributed by atoms with Crippen molar-refractivity contribution in [2.75, 3.05) is 0 Å². The highest BCUT2D eigenvalue weighted by Crippen LogP contribution is 2.39. The van der Waals surface area contributed by atoms with Crippen molar-refractivity contribution in [3.05, 3.63) is 46.0 Å². The summed E-state index contributed by atoms with van der Waals surface area (Å²) in [5.41, 5.74) is 1.12. The van der Waals surface area contributed by atoms with E-state index in [9.17, 15) is 0 Å². The second-order valence-electron chi connectivity index (χ2n) is 5.84. The van der Waals surface area contributed by atoms with Crippen LogP contribution in [0, 0.1) is 6.92 Å². The lowest BCUT2D eigenvalue weighted by molar-refractivity contribution is 0.274. The van der Waals surface area contributed by atoms with Crippen LogP contribution in [0.1, 0.15) is 55.9 Å². The highest BCUT2D eigenvalue weighted by Gasteiger charge is 2.40. The molecule has 0 amide bonds. The fourth-order valence-corrected chi connectivity index (χ4v) is 3.42. The van der Waals surface area contributed by atoms with Crippen molar-refractivity contribution in [1.82, 2.24) is 15.5 Å². The van der Waals surface area contributed by atoms with Gasteiger partial charge >= 0.3 is 0 Å². The van der Waals surface area contributed by atoms with Gasteiger partial charge in [0.25, 0.3) is 0 Å². The fraction of sp³-hybridized carbons (Fsp3) is 0.500. The Morgan fingerprint density at radius 2 is 1.90 bits per heavy atom. The van der Waals surface area contributed by atoms with Crippen LogP contribution in [0.15, 0.2) is 33.3 Å². The van der Waals surface area contributed by atoms with Gasteiger partial charge in [-0.1, -0.05) is 46.1 Å². The highest BCUT2D eigenvalue weighted by molar-refractivity contribution is 9.10. The molecular formula is C16H20BrN3O. The van der Waals surface area contributed by atoms with Gasteiger partial charge in [0, 0.05) is 17.4 Å². The predicted octanol–water partition coefficient (Wildman–Crippen LogP) is 4.26. The van der Waals surface area contributed by atoms with E-state index in [1.165, 1.54) is 18.4 Å². The molecule has 0 bridgehead atoms. The quantitative estimate of drug-likeness (QED) is 0.895. The number of nitrogens with zero attached hydrogens (tertiary/aromatic N) is 2. The smallest absolute Gasteiger partial charge is 0.223 e. The van der Waals surface area contributed by atoms with Crippen LogP contribution < -0.4 is 5.32 Å². The topological polar surface area (TPSA) is 51.0 Å². The Morgan fingerprint density at radius 3 is 2.48 bits per heavy atom. The average molecular weight is 350 g/mol. The van der Waals surface area contributed by atoms with Gasteiger partial charge < -0.3 is 4.52 Å². The maximum Gasteiger partial charge on any atom is 0.223 e. The van der Waals surface area contributed by atoms with E-state index in [1.54, 1.807) is 0 Å². The van der Waals surface area contributed by atoms with Crippen LogP contribution in [0.5, 0.6) is 0 Å². The van der Waals surface area contributed by atoms with Gasteiger partial charge in [-0.3, -0.25) is 5.32 Å². The van der Waals surface area contributed by atoms with Crippen LogP contribution in [0.3, 0.4) is 0 Å². The van der Waals surface area contributed by atoms with Crippen molar-refractivity contribution in [3.63, 3.8) is 0 Å². The second kappa shape index (κ2) is 5.89. The number of aryl methyl sites for hydroxylation is 1. The molecule has 4 nitrogen and oxygen atoms in total. The van der Waals surface area contributed by atoms with Crippen molar-refractivity contribution >= 4 is 15.9 Å². The molecule has 1 aromatic heterocycles. The third-order valence-corrected chi connectivity index (χ3v) is 4.80. The molecule has 1 saturated carbocycles. The molecule has 1 aromatic carbocycles. The molecule has 0 radical (unpaired) electrons. The van der Waals surface area contributed by atoms with Crippen molar-refractivity contribution in [2.45, 2.75) is 51.1 Å². The normalized spacial score (nSPS) is 18.8. The van der Waals surface area contributed by atoms with Crippen molar-refractivity contribution < 1.29 is 4.52 Å². The molecular weight excluding hydrogens is 330 g/mol. The molecule has 0 aliphatic heterocycles. The minimum atomic E-state index is -0.149. The first-order valence-electron chi connectivity index (χ1n) is 7.43. The van der Waals surface area contributed by atoms with E-state index < -0.39 is 0 Å². The Morgan fingerprint density at radius 1 is 1.24 bits per heavy atom. The minimum absolute atomic E-state index is 0.149. The van der Waals surface area contributed by atoms with Gasteiger partial charge in [-0.25, -0.2) is 0 Å². The van der Waals surface area contributed by atoms with Crippen LogP contribution in [-0.4, -0.2) is 10.1 Å². The molecule has 1 fully saturated rings. The maximum absolute atomic E-state index is 5.20.